The molecule has 3 rings (SSSR count). The number of hydrogen-bond acceptors (Lipinski definition) is 3. The number of aromatic carboxylic acids is 1. The Morgan fingerprint density at radius 1 is 0.871 bits per heavy atom. The second-order valence-corrected chi connectivity index (χ2v) is 13.0. The quantitative estimate of drug-likeness (QED) is 0.447. The van der Waals surface area contributed by atoms with Gasteiger partial charge in [-0.05, 0) is 47.0 Å². The van der Waals surface area contributed by atoms with Gasteiger partial charge in [0.25, 0.3) is 0 Å². The van der Waals surface area contributed by atoms with Gasteiger partial charge < -0.3 is 9.53 Å². The van der Waals surface area contributed by atoms with Crippen molar-refractivity contribution in [3.8, 4) is 5.75 Å². The zero-order valence-electron chi connectivity index (χ0n) is 18.6. The van der Waals surface area contributed by atoms with E-state index in [0.29, 0.717) is 16.9 Å². The molecule has 31 heavy (non-hydrogen) atoms. The fraction of sp³-hybridized carbons (Fsp3) is 0.231. The van der Waals surface area contributed by atoms with Crippen LogP contribution in [0.15, 0.2) is 72.8 Å². The SMILES string of the molecule is CC(=O)c1c(C)cc(C(=O)O)cc1O[Si](c1ccccc1)(c1ccccc1)C(C)(C)C. The van der Waals surface area contributed by atoms with Crippen LogP contribution in [-0.2, 0) is 0 Å². The average Bonchev–Trinajstić information content (AvgIpc) is 2.71. The fourth-order valence-corrected chi connectivity index (χ4v) is 8.65. The van der Waals surface area contributed by atoms with Crippen LogP contribution in [0.5, 0.6) is 5.75 Å². The summed E-state index contributed by atoms with van der Waals surface area (Å²) in [6.07, 6.45) is 0. The van der Waals surface area contributed by atoms with Gasteiger partial charge in [-0.25, -0.2) is 4.79 Å². The lowest BCUT2D eigenvalue weighted by atomic mass is 10.0. The van der Waals surface area contributed by atoms with Crippen molar-refractivity contribution in [1.82, 2.24) is 0 Å². The van der Waals surface area contributed by atoms with Crippen LogP contribution in [-0.4, -0.2) is 25.2 Å². The molecule has 0 bridgehead atoms. The Hall–Kier alpha value is -3.18. The van der Waals surface area contributed by atoms with Crippen molar-refractivity contribution in [3.05, 3.63) is 89.5 Å². The first-order chi connectivity index (χ1) is 14.6. The summed E-state index contributed by atoms with van der Waals surface area (Å²) in [7, 11) is -2.99. The van der Waals surface area contributed by atoms with Gasteiger partial charge in [-0.2, -0.15) is 0 Å². The first-order valence-electron chi connectivity index (χ1n) is 10.3. The summed E-state index contributed by atoms with van der Waals surface area (Å²) in [5, 5.41) is 11.4. The monoisotopic (exact) mass is 432 g/mol. The Kier molecular flexibility index (Phi) is 6.18. The number of ketones is 1. The molecule has 0 aliphatic carbocycles. The second kappa shape index (κ2) is 8.51. The predicted octanol–water partition coefficient (Wildman–Crippen LogP) is 4.83. The molecule has 0 saturated carbocycles. The Balaban J connectivity index is 2.38. The number of carbonyl (C=O) groups excluding carboxylic acids is 1. The van der Waals surface area contributed by atoms with Crippen LogP contribution in [0, 0.1) is 6.92 Å². The van der Waals surface area contributed by atoms with Gasteiger partial charge in [-0.15, -0.1) is 0 Å². The minimum Gasteiger partial charge on any atom is -0.533 e. The Bertz CT molecular complexity index is 1060. The maximum Gasteiger partial charge on any atom is 0.335 e. The number of carboxylic acid groups (broad SMARTS) is 1. The molecule has 0 fully saturated rings. The number of hydrogen-bond donors (Lipinski definition) is 1. The third kappa shape index (κ3) is 4.19. The van der Waals surface area contributed by atoms with Crippen molar-refractivity contribution in [2.24, 2.45) is 0 Å². The molecule has 3 aromatic rings. The van der Waals surface area contributed by atoms with Gasteiger partial charge in [-0.3, -0.25) is 4.79 Å². The van der Waals surface area contributed by atoms with Gasteiger partial charge in [0.05, 0.1) is 11.1 Å². The maximum absolute atomic E-state index is 12.6. The fourth-order valence-electron chi connectivity index (χ4n) is 4.22. The van der Waals surface area contributed by atoms with Gasteiger partial charge in [-0.1, -0.05) is 81.4 Å². The maximum atomic E-state index is 12.6. The Labute approximate surface area is 184 Å². The van der Waals surface area contributed by atoms with Crippen LogP contribution >= 0.6 is 0 Å². The molecule has 0 atom stereocenters. The van der Waals surface area contributed by atoms with E-state index in [-0.39, 0.29) is 16.4 Å². The highest BCUT2D eigenvalue weighted by molar-refractivity contribution is 7.00. The van der Waals surface area contributed by atoms with Crippen LogP contribution in [0.3, 0.4) is 0 Å². The summed E-state index contributed by atoms with van der Waals surface area (Å²) >= 11 is 0. The van der Waals surface area contributed by atoms with E-state index in [0.717, 1.165) is 10.4 Å². The van der Waals surface area contributed by atoms with Crippen LogP contribution in [0.2, 0.25) is 5.04 Å². The summed E-state index contributed by atoms with van der Waals surface area (Å²) in [6, 6.07) is 23.1. The summed E-state index contributed by atoms with van der Waals surface area (Å²) in [5.41, 5.74) is 1.13. The van der Waals surface area contributed by atoms with Crippen LogP contribution < -0.4 is 14.8 Å². The first-order valence-corrected chi connectivity index (χ1v) is 12.2. The van der Waals surface area contributed by atoms with Crippen molar-refractivity contribution < 1.29 is 19.1 Å². The molecule has 0 spiro atoms. The normalized spacial score (nSPS) is 11.8. The summed E-state index contributed by atoms with van der Waals surface area (Å²) < 4.78 is 6.96. The average molecular weight is 433 g/mol. The molecule has 160 valence electrons. The van der Waals surface area contributed by atoms with Crippen LogP contribution in [0.25, 0.3) is 0 Å². The molecule has 0 aliphatic heterocycles. The molecule has 4 nitrogen and oxygen atoms in total. The minimum absolute atomic E-state index is 0.107. The van der Waals surface area contributed by atoms with Crippen molar-refractivity contribution >= 4 is 30.4 Å². The van der Waals surface area contributed by atoms with Crippen molar-refractivity contribution in [1.29, 1.82) is 0 Å². The predicted molar refractivity (Wildman–Crippen MR) is 126 cm³/mol. The lowest BCUT2D eigenvalue weighted by Gasteiger charge is -2.43. The highest BCUT2D eigenvalue weighted by Crippen LogP contribution is 2.39. The first kappa shape index (κ1) is 22.5. The van der Waals surface area contributed by atoms with E-state index < -0.39 is 14.3 Å². The molecule has 0 unspecified atom stereocenters. The molecule has 3 aromatic carbocycles. The van der Waals surface area contributed by atoms with E-state index in [2.05, 4.69) is 45.0 Å². The third-order valence-corrected chi connectivity index (χ3v) is 10.5. The standard InChI is InChI=1S/C26H28O4Si/c1-18-16-20(25(28)29)17-23(24(18)19(2)27)30-31(26(3,4)5,21-12-8-6-9-13-21)22-14-10-7-11-15-22/h6-17H,1-5H3,(H,28,29). The molecule has 0 aromatic heterocycles. The second-order valence-electron chi connectivity index (χ2n) is 8.79. The number of aryl methyl sites for hydroxylation is 1. The number of carbonyl (C=O) groups is 2. The lowest BCUT2D eigenvalue weighted by molar-refractivity contribution is 0.0696. The molecule has 0 heterocycles. The van der Waals surface area contributed by atoms with E-state index in [1.54, 1.807) is 6.92 Å². The highest BCUT2D eigenvalue weighted by Gasteiger charge is 2.52. The zero-order chi connectivity index (χ0) is 22.8. The molecule has 0 amide bonds. The third-order valence-electron chi connectivity index (χ3n) is 5.58. The van der Waals surface area contributed by atoms with Gasteiger partial charge >= 0.3 is 14.3 Å². The highest BCUT2D eigenvalue weighted by atomic mass is 28.4. The van der Waals surface area contributed by atoms with Gasteiger partial charge in [0.2, 0.25) is 0 Å². The number of carboxylic acids is 1. The van der Waals surface area contributed by atoms with Gasteiger partial charge in [0.15, 0.2) is 5.78 Å². The number of benzene rings is 3. The minimum atomic E-state index is -2.99. The van der Waals surface area contributed by atoms with Gasteiger partial charge in [0.1, 0.15) is 5.75 Å². The summed E-state index contributed by atoms with van der Waals surface area (Å²) in [4.78, 5) is 24.3. The van der Waals surface area contributed by atoms with E-state index >= 15 is 0 Å². The Morgan fingerprint density at radius 3 is 1.74 bits per heavy atom. The van der Waals surface area contributed by atoms with Crippen molar-refractivity contribution in [2.45, 2.75) is 39.7 Å². The topological polar surface area (TPSA) is 63.6 Å². The smallest absolute Gasteiger partial charge is 0.335 e. The van der Waals surface area contributed by atoms with E-state index in [1.807, 2.05) is 36.4 Å². The summed E-state index contributed by atoms with van der Waals surface area (Å²) in [5.74, 6) is -0.868. The zero-order valence-corrected chi connectivity index (χ0v) is 19.6. The number of Topliss-reactive ketones (excluding diaryl/α,β-unsaturated/α-hetero) is 1. The van der Waals surface area contributed by atoms with Crippen molar-refractivity contribution in [2.75, 3.05) is 0 Å². The van der Waals surface area contributed by atoms with Crippen LogP contribution in [0.4, 0.5) is 0 Å². The molecular weight excluding hydrogens is 404 g/mol. The molecule has 1 N–H and O–H groups in total. The molecule has 0 radical (unpaired) electrons. The lowest BCUT2D eigenvalue weighted by Crippen LogP contribution is -2.69. The number of rotatable bonds is 6. The largest absolute Gasteiger partial charge is 0.533 e. The molecule has 0 aliphatic rings. The van der Waals surface area contributed by atoms with E-state index in [1.165, 1.54) is 19.1 Å². The molecule has 0 saturated heterocycles. The molecule has 5 heteroatoms. The van der Waals surface area contributed by atoms with Gasteiger partial charge in [0, 0.05) is 0 Å². The Morgan fingerprint density at radius 2 is 1.35 bits per heavy atom. The van der Waals surface area contributed by atoms with Crippen molar-refractivity contribution in [3.63, 3.8) is 0 Å². The summed E-state index contributed by atoms with van der Waals surface area (Å²) in [6.45, 7) is 9.66. The van der Waals surface area contributed by atoms with Crippen LogP contribution in [0.1, 0.15) is 54.0 Å². The van der Waals surface area contributed by atoms with E-state index in [9.17, 15) is 14.7 Å². The molecular formula is C26H28O4Si. The van der Waals surface area contributed by atoms with E-state index in [4.69, 9.17) is 4.43 Å².